The summed E-state index contributed by atoms with van der Waals surface area (Å²) in [5.41, 5.74) is 1.90. The van der Waals surface area contributed by atoms with Gasteiger partial charge in [-0.05, 0) is 0 Å². The lowest BCUT2D eigenvalue weighted by Gasteiger charge is -1.82. The van der Waals surface area contributed by atoms with Crippen molar-refractivity contribution in [3.05, 3.63) is 12.5 Å². The van der Waals surface area contributed by atoms with E-state index in [4.69, 9.17) is 0 Å². The molecule has 0 aromatic carbocycles. The molecule has 0 spiro atoms. The molecule has 4 heteroatoms. The normalized spacial score (nSPS) is 19.2. The standard InChI is InChI=1S/C3H5NO.C3H5NS/c2*1-2-5-3-4-1/h1-2,4H,3H2;3H,1-2H2. The molecule has 0 saturated heterocycles. The van der Waals surface area contributed by atoms with E-state index in [0.29, 0.717) is 6.73 Å². The van der Waals surface area contributed by atoms with Gasteiger partial charge >= 0.3 is 0 Å². The monoisotopic (exact) mass is 158 g/mol. The van der Waals surface area contributed by atoms with Gasteiger partial charge < -0.3 is 10.1 Å². The van der Waals surface area contributed by atoms with Crippen LogP contribution in [0.15, 0.2) is 17.5 Å². The maximum atomic E-state index is 4.65. The fourth-order valence-electron chi connectivity index (χ4n) is 0.504. The highest BCUT2D eigenvalue weighted by Crippen LogP contribution is 1.99. The van der Waals surface area contributed by atoms with Crippen molar-refractivity contribution in [2.75, 3.05) is 19.0 Å². The minimum atomic E-state index is 0.639. The van der Waals surface area contributed by atoms with Crippen molar-refractivity contribution in [1.29, 1.82) is 0 Å². The predicted octanol–water partition coefficient (Wildman–Crippen LogP) is 0.796. The Morgan fingerprint density at radius 1 is 1.60 bits per heavy atom. The maximum Gasteiger partial charge on any atom is 0.157 e. The molecule has 1 N–H and O–H groups in total. The highest BCUT2D eigenvalue weighted by molar-refractivity contribution is 8.12. The van der Waals surface area contributed by atoms with Crippen LogP contribution in [0.4, 0.5) is 0 Å². The molecule has 0 amide bonds. The van der Waals surface area contributed by atoms with Crippen molar-refractivity contribution >= 4 is 17.3 Å². The van der Waals surface area contributed by atoms with E-state index < -0.39 is 0 Å². The van der Waals surface area contributed by atoms with Crippen LogP contribution in [0.3, 0.4) is 0 Å². The van der Waals surface area contributed by atoms with Crippen molar-refractivity contribution < 1.29 is 4.74 Å². The molecule has 0 aliphatic carbocycles. The van der Waals surface area contributed by atoms with Gasteiger partial charge in [0.25, 0.3) is 0 Å². The fourth-order valence-corrected chi connectivity index (χ4v) is 1.03. The summed E-state index contributed by atoms with van der Waals surface area (Å²) in [5, 5.41) is 2.82. The van der Waals surface area contributed by atoms with Crippen molar-refractivity contribution in [1.82, 2.24) is 5.32 Å². The van der Waals surface area contributed by atoms with Crippen LogP contribution in [0.1, 0.15) is 0 Å². The second-order valence-corrected chi connectivity index (χ2v) is 2.65. The topological polar surface area (TPSA) is 33.6 Å². The van der Waals surface area contributed by atoms with E-state index in [1.165, 1.54) is 5.75 Å². The number of nitrogens with zero attached hydrogens (tertiary/aromatic N) is 1. The zero-order valence-corrected chi connectivity index (χ0v) is 6.43. The number of thioether (sulfide) groups is 1. The molecule has 2 heterocycles. The molecule has 0 saturated carbocycles. The number of hydrogen-bond acceptors (Lipinski definition) is 4. The predicted molar refractivity (Wildman–Crippen MR) is 44.0 cm³/mol. The molecule has 0 bridgehead atoms. The Balaban J connectivity index is 0.0000001000. The molecule has 0 aromatic heterocycles. The zero-order chi connectivity index (χ0) is 7.07. The SMILES string of the molecule is C1=COCN1.C1=NCCS1. The Labute approximate surface area is 64.6 Å². The molecule has 56 valence electrons. The summed E-state index contributed by atoms with van der Waals surface area (Å²) in [6.07, 6.45) is 3.39. The summed E-state index contributed by atoms with van der Waals surface area (Å²) in [6, 6.07) is 0. The summed E-state index contributed by atoms with van der Waals surface area (Å²) in [6.45, 7) is 1.67. The van der Waals surface area contributed by atoms with Crippen molar-refractivity contribution in [3.63, 3.8) is 0 Å². The molecule has 0 fully saturated rings. The third-order valence-corrected chi connectivity index (χ3v) is 1.65. The first-order valence-corrected chi connectivity index (χ1v) is 4.15. The van der Waals surface area contributed by atoms with Crippen LogP contribution in [-0.4, -0.2) is 24.6 Å². The second kappa shape index (κ2) is 5.17. The summed E-state index contributed by atoms with van der Waals surface area (Å²) < 4.78 is 4.65. The van der Waals surface area contributed by atoms with E-state index in [0.717, 1.165) is 6.54 Å². The van der Waals surface area contributed by atoms with Crippen LogP contribution in [-0.2, 0) is 4.74 Å². The Hall–Kier alpha value is -0.640. The summed E-state index contributed by atoms with van der Waals surface area (Å²) in [5.74, 6) is 1.19. The van der Waals surface area contributed by atoms with Gasteiger partial charge in [0, 0.05) is 18.5 Å². The fraction of sp³-hybridized carbons (Fsp3) is 0.500. The van der Waals surface area contributed by atoms with E-state index in [1.807, 2.05) is 5.55 Å². The maximum absolute atomic E-state index is 4.65. The average Bonchev–Trinajstić information content (AvgIpc) is 2.67. The number of ether oxygens (including phenoxy) is 1. The third kappa shape index (κ3) is 3.40. The lowest BCUT2D eigenvalue weighted by molar-refractivity contribution is 0.267. The van der Waals surface area contributed by atoms with Gasteiger partial charge in [0.1, 0.15) is 6.26 Å². The van der Waals surface area contributed by atoms with Crippen LogP contribution < -0.4 is 5.32 Å². The minimum Gasteiger partial charge on any atom is -0.479 e. The molecule has 3 nitrogen and oxygen atoms in total. The van der Waals surface area contributed by atoms with E-state index in [9.17, 15) is 0 Å². The van der Waals surface area contributed by atoms with Gasteiger partial charge in [-0.1, -0.05) is 0 Å². The third-order valence-electron chi connectivity index (χ3n) is 0.936. The van der Waals surface area contributed by atoms with Gasteiger partial charge in [0.2, 0.25) is 0 Å². The van der Waals surface area contributed by atoms with Crippen LogP contribution in [0.25, 0.3) is 0 Å². The quantitative estimate of drug-likeness (QED) is 0.566. The van der Waals surface area contributed by atoms with Crippen molar-refractivity contribution in [3.8, 4) is 0 Å². The zero-order valence-electron chi connectivity index (χ0n) is 5.62. The first-order chi connectivity index (χ1) is 5.00. The van der Waals surface area contributed by atoms with E-state index in [1.54, 1.807) is 24.2 Å². The summed E-state index contributed by atoms with van der Waals surface area (Å²) in [4.78, 5) is 3.92. The van der Waals surface area contributed by atoms with E-state index in [-0.39, 0.29) is 0 Å². The molecule has 0 atom stereocenters. The molecule has 0 radical (unpaired) electrons. The van der Waals surface area contributed by atoms with Gasteiger partial charge in [-0.2, -0.15) is 0 Å². The van der Waals surface area contributed by atoms with Crippen LogP contribution in [0, 0.1) is 0 Å². The van der Waals surface area contributed by atoms with Gasteiger partial charge in [0.05, 0.1) is 5.55 Å². The van der Waals surface area contributed by atoms with E-state index >= 15 is 0 Å². The first kappa shape index (κ1) is 7.47. The molecule has 10 heavy (non-hydrogen) atoms. The lowest BCUT2D eigenvalue weighted by Crippen LogP contribution is -1.98. The molecule has 2 aliphatic rings. The molecule has 2 aliphatic heterocycles. The van der Waals surface area contributed by atoms with Gasteiger partial charge in [-0.3, -0.25) is 4.99 Å². The number of hydrogen-bond donors (Lipinski definition) is 1. The largest absolute Gasteiger partial charge is 0.479 e. The summed E-state index contributed by atoms with van der Waals surface area (Å²) in [7, 11) is 0. The first-order valence-electron chi connectivity index (χ1n) is 3.10. The highest BCUT2D eigenvalue weighted by Gasteiger charge is 1.86. The number of aliphatic imine (C=N–C) groups is 1. The highest BCUT2D eigenvalue weighted by atomic mass is 32.2. The minimum absolute atomic E-state index is 0.639. The van der Waals surface area contributed by atoms with Crippen LogP contribution >= 0.6 is 11.8 Å². The molecular formula is C6H10N2OS. The van der Waals surface area contributed by atoms with Crippen LogP contribution in [0.5, 0.6) is 0 Å². The molecule has 0 unspecified atom stereocenters. The average molecular weight is 158 g/mol. The number of rotatable bonds is 0. The molecule has 0 aromatic rings. The van der Waals surface area contributed by atoms with E-state index in [2.05, 4.69) is 15.0 Å². The summed E-state index contributed by atoms with van der Waals surface area (Å²) >= 11 is 1.78. The Morgan fingerprint density at radius 3 is 2.80 bits per heavy atom. The number of nitrogens with one attached hydrogen (secondary N) is 1. The molecule has 2 rings (SSSR count). The Bertz CT molecular complexity index is 108. The Morgan fingerprint density at radius 2 is 2.60 bits per heavy atom. The Kier molecular flexibility index (Phi) is 3.86. The van der Waals surface area contributed by atoms with Crippen LogP contribution in [0.2, 0.25) is 0 Å². The second-order valence-electron chi connectivity index (χ2n) is 1.70. The van der Waals surface area contributed by atoms with Gasteiger partial charge in [-0.25, -0.2) is 0 Å². The van der Waals surface area contributed by atoms with Crippen molar-refractivity contribution in [2.45, 2.75) is 0 Å². The smallest absolute Gasteiger partial charge is 0.157 e. The van der Waals surface area contributed by atoms with Gasteiger partial charge in [-0.15, -0.1) is 11.8 Å². The molecular weight excluding hydrogens is 148 g/mol. The van der Waals surface area contributed by atoms with Crippen molar-refractivity contribution in [2.24, 2.45) is 4.99 Å². The van der Waals surface area contributed by atoms with Gasteiger partial charge in [0.15, 0.2) is 6.73 Å². The lowest BCUT2D eigenvalue weighted by atomic mass is 10.8.